The first-order valence-corrected chi connectivity index (χ1v) is 11.6. The second kappa shape index (κ2) is 10.6. The zero-order valence-corrected chi connectivity index (χ0v) is 19.3. The van der Waals surface area contributed by atoms with Gasteiger partial charge in [0.15, 0.2) is 5.82 Å². The quantitative estimate of drug-likeness (QED) is 0.520. The highest BCUT2D eigenvalue weighted by molar-refractivity contribution is 7.07. The summed E-state index contributed by atoms with van der Waals surface area (Å²) in [7, 11) is 1.65. The van der Waals surface area contributed by atoms with Gasteiger partial charge >= 0.3 is 0 Å². The van der Waals surface area contributed by atoms with Crippen LogP contribution in [0.1, 0.15) is 23.9 Å². The largest absolute Gasteiger partial charge is 0.497 e. The van der Waals surface area contributed by atoms with Crippen molar-refractivity contribution in [2.75, 3.05) is 39.8 Å². The van der Waals surface area contributed by atoms with E-state index in [2.05, 4.69) is 21.2 Å². The van der Waals surface area contributed by atoms with Crippen LogP contribution in [-0.2, 0) is 17.6 Å². The standard InChI is InChI=1S/C24H28N4O3S/c1-3-27-11-13-28(14-12-27)23(29)17-18-7-9-20(10-8-18)31-24-25-22(26-32-24)16-19-5-4-6-21(15-19)30-2/h4-10,15H,3,11-14,16-17H2,1-2H3. The Balaban J connectivity index is 1.30. The van der Waals surface area contributed by atoms with Gasteiger partial charge in [-0.05, 0) is 41.9 Å². The van der Waals surface area contributed by atoms with Gasteiger partial charge in [-0.2, -0.15) is 9.36 Å². The molecule has 32 heavy (non-hydrogen) atoms. The average molecular weight is 453 g/mol. The molecule has 1 aromatic heterocycles. The predicted octanol–water partition coefficient (Wildman–Crippen LogP) is 3.64. The molecule has 0 aliphatic carbocycles. The monoisotopic (exact) mass is 452 g/mol. The summed E-state index contributed by atoms with van der Waals surface area (Å²) in [5.74, 6) is 2.39. The van der Waals surface area contributed by atoms with E-state index in [0.29, 0.717) is 29.6 Å². The number of piperazine rings is 1. The van der Waals surface area contributed by atoms with Gasteiger partial charge in [0.1, 0.15) is 11.5 Å². The summed E-state index contributed by atoms with van der Waals surface area (Å²) in [6.45, 7) is 6.73. The summed E-state index contributed by atoms with van der Waals surface area (Å²) < 4.78 is 15.5. The number of nitrogens with zero attached hydrogens (tertiary/aromatic N) is 4. The lowest BCUT2D eigenvalue weighted by Gasteiger charge is -2.34. The topological polar surface area (TPSA) is 67.8 Å². The number of likely N-dealkylation sites (N-methyl/N-ethyl adjacent to an activating group) is 1. The van der Waals surface area contributed by atoms with Crippen LogP contribution < -0.4 is 9.47 Å². The van der Waals surface area contributed by atoms with Crippen LogP contribution in [0.4, 0.5) is 0 Å². The van der Waals surface area contributed by atoms with E-state index in [1.54, 1.807) is 7.11 Å². The van der Waals surface area contributed by atoms with Crippen molar-refractivity contribution in [1.82, 2.24) is 19.2 Å². The number of carbonyl (C=O) groups excluding carboxylic acids is 1. The van der Waals surface area contributed by atoms with Crippen molar-refractivity contribution in [2.24, 2.45) is 0 Å². The minimum absolute atomic E-state index is 0.181. The molecule has 1 fully saturated rings. The molecule has 0 bridgehead atoms. The van der Waals surface area contributed by atoms with Crippen LogP contribution in [0.5, 0.6) is 16.7 Å². The highest BCUT2D eigenvalue weighted by atomic mass is 32.1. The summed E-state index contributed by atoms with van der Waals surface area (Å²) in [5, 5.41) is 0.500. The van der Waals surface area contributed by atoms with Crippen LogP contribution in [0.15, 0.2) is 48.5 Å². The van der Waals surface area contributed by atoms with Gasteiger partial charge in [-0.25, -0.2) is 0 Å². The Morgan fingerprint density at radius 3 is 2.53 bits per heavy atom. The van der Waals surface area contributed by atoms with Crippen LogP contribution in [0, 0.1) is 0 Å². The molecule has 0 saturated carbocycles. The summed E-state index contributed by atoms with van der Waals surface area (Å²) in [6, 6.07) is 15.5. The van der Waals surface area contributed by atoms with Gasteiger partial charge in [0, 0.05) is 44.1 Å². The van der Waals surface area contributed by atoms with E-state index in [1.807, 2.05) is 53.4 Å². The minimum atomic E-state index is 0.181. The number of hydrogen-bond acceptors (Lipinski definition) is 7. The van der Waals surface area contributed by atoms with Gasteiger partial charge in [0.25, 0.3) is 5.19 Å². The lowest BCUT2D eigenvalue weighted by atomic mass is 10.1. The summed E-state index contributed by atoms with van der Waals surface area (Å²) in [4.78, 5) is 21.4. The van der Waals surface area contributed by atoms with Crippen molar-refractivity contribution < 1.29 is 14.3 Å². The van der Waals surface area contributed by atoms with E-state index in [1.165, 1.54) is 11.5 Å². The van der Waals surface area contributed by atoms with Crippen molar-refractivity contribution in [2.45, 2.75) is 19.8 Å². The van der Waals surface area contributed by atoms with Gasteiger partial charge in [-0.3, -0.25) is 4.79 Å². The van der Waals surface area contributed by atoms with E-state index >= 15 is 0 Å². The second-order valence-corrected chi connectivity index (χ2v) is 8.46. The third-order valence-electron chi connectivity index (χ3n) is 5.60. The third-order valence-corrected chi connectivity index (χ3v) is 6.23. The highest BCUT2D eigenvalue weighted by Crippen LogP contribution is 2.25. The molecule has 0 unspecified atom stereocenters. The molecule has 1 amide bonds. The van der Waals surface area contributed by atoms with Crippen LogP contribution in [0.2, 0.25) is 0 Å². The Kier molecular flexibility index (Phi) is 7.34. The van der Waals surface area contributed by atoms with Crippen LogP contribution in [-0.4, -0.2) is 64.9 Å². The van der Waals surface area contributed by atoms with Crippen LogP contribution >= 0.6 is 11.5 Å². The van der Waals surface area contributed by atoms with E-state index in [4.69, 9.17) is 9.47 Å². The third kappa shape index (κ3) is 5.83. The normalized spacial score (nSPS) is 14.4. The Hall–Kier alpha value is -2.97. The molecule has 2 aromatic carbocycles. The molecule has 7 nitrogen and oxygen atoms in total. The molecule has 0 radical (unpaired) electrons. The number of rotatable bonds is 8. The fourth-order valence-corrected chi connectivity index (χ4v) is 4.26. The fraction of sp³-hybridized carbons (Fsp3) is 0.375. The molecule has 0 atom stereocenters. The molecule has 168 valence electrons. The maximum absolute atomic E-state index is 12.6. The molecule has 8 heteroatoms. The SMILES string of the molecule is CCN1CCN(C(=O)Cc2ccc(Oc3nc(Cc4cccc(OC)c4)ns3)cc2)CC1. The first-order valence-electron chi connectivity index (χ1n) is 10.9. The van der Waals surface area contributed by atoms with Crippen molar-refractivity contribution in [3.8, 4) is 16.7 Å². The molecule has 0 spiro atoms. The Labute approximate surface area is 192 Å². The number of ether oxygens (including phenoxy) is 2. The molecular formula is C24H28N4O3S. The highest BCUT2D eigenvalue weighted by Gasteiger charge is 2.20. The van der Waals surface area contributed by atoms with Crippen molar-refractivity contribution in [3.63, 3.8) is 0 Å². The first-order chi connectivity index (χ1) is 15.6. The Bertz CT molecular complexity index is 1030. The van der Waals surface area contributed by atoms with Gasteiger partial charge in [0.2, 0.25) is 5.91 Å². The van der Waals surface area contributed by atoms with Crippen LogP contribution in [0.3, 0.4) is 0 Å². The molecule has 1 saturated heterocycles. The van der Waals surface area contributed by atoms with Crippen molar-refractivity contribution >= 4 is 17.4 Å². The molecule has 3 aromatic rings. The fourth-order valence-electron chi connectivity index (χ4n) is 3.69. The Morgan fingerprint density at radius 1 is 1.03 bits per heavy atom. The lowest BCUT2D eigenvalue weighted by Crippen LogP contribution is -2.48. The van der Waals surface area contributed by atoms with E-state index < -0.39 is 0 Å². The number of aromatic nitrogens is 2. The van der Waals surface area contributed by atoms with Gasteiger partial charge < -0.3 is 19.3 Å². The average Bonchev–Trinajstić information content (AvgIpc) is 3.27. The number of amides is 1. The maximum atomic E-state index is 12.6. The number of methoxy groups -OCH3 is 1. The van der Waals surface area contributed by atoms with Gasteiger partial charge in [-0.15, -0.1) is 0 Å². The van der Waals surface area contributed by atoms with Crippen molar-refractivity contribution in [1.29, 1.82) is 0 Å². The number of benzene rings is 2. The number of carbonyl (C=O) groups is 1. The maximum Gasteiger partial charge on any atom is 0.298 e. The summed E-state index contributed by atoms with van der Waals surface area (Å²) in [5.41, 5.74) is 2.06. The van der Waals surface area contributed by atoms with Crippen LogP contribution in [0.25, 0.3) is 0 Å². The molecule has 4 rings (SSSR count). The smallest absolute Gasteiger partial charge is 0.298 e. The van der Waals surface area contributed by atoms with Gasteiger partial charge in [0.05, 0.1) is 13.5 Å². The van der Waals surface area contributed by atoms with Gasteiger partial charge in [-0.1, -0.05) is 31.2 Å². The lowest BCUT2D eigenvalue weighted by molar-refractivity contribution is -0.132. The van der Waals surface area contributed by atoms with E-state index in [0.717, 1.165) is 49.6 Å². The zero-order valence-electron chi connectivity index (χ0n) is 18.5. The summed E-state index contributed by atoms with van der Waals surface area (Å²) >= 11 is 1.23. The second-order valence-electron chi connectivity index (χ2n) is 7.74. The molecule has 2 heterocycles. The predicted molar refractivity (Wildman–Crippen MR) is 125 cm³/mol. The first kappa shape index (κ1) is 22.2. The number of hydrogen-bond donors (Lipinski definition) is 0. The molecule has 0 N–H and O–H groups in total. The Morgan fingerprint density at radius 2 is 1.81 bits per heavy atom. The minimum Gasteiger partial charge on any atom is -0.497 e. The van der Waals surface area contributed by atoms with E-state index in [9.17, 15) is 4.79 Å². The summed E-state index contributed by atoms with van der Waals surface area (Å²) in [6.07, 6.45) is 1.03. The zero-order chi connectivity index (χ0) is 22.3. The van der Waals surface area contributed by atoms with E-state index in [-0.39, 0.29) is 5.91 Å². The van der Waals surface area contributed by atoms with Crippen molar-refractivity contribution in [3.05, 3.63) is 65.5 Å². The molecular weight excluding hydrogens is 424 g/mol. The molecule has 1 aliphatic heterocycles. The molecule has 1 aliphatic rings.